The van der Waals surface area contributed by atoms with Gasteiger partial charge in [0.1, 0.15) is 11.6 Å². The highest BCUT2D eigenvalue weighted by Crippen LogP contribution is 2.16. The van der Waals surface area contributed by atoms with Crippen molar-refractivity contribution in [1.82, 2.24) is 15.5 Å². The Balaban J connectivity index is 2.25. The van der Waals surface area contributed by atoms with Crippen molar-refractivity contribution >= 4 is 17.7 Å². The van der Waals surface area contributed by atoms with Crippen LogP contribution in [0.3, 0.4) is 0 Å². The van der Waals surface area contributed by atoms with Gasteiger partial charge in [-0.3, -0.25) is 14.4 Å². The first kappa shape index (κ1) is 32.8. The number of aryl methyl sites for hydroxylation is 1. The Kier molecular flexibility index (Phi) is 13.7. The van der Waals surface area contributed by atoms with E-state index in [-0.39, 0.29) is 55.4 Å². The highest BCUT2D eigenvalue weighted by atomic mass is 19.1. The van der Waals surface area contributed by atoms with Crippen LogP contribution in [-0.2, 0) is 16.0 Å². The maximum absolute atomic E-state index is 13.9. The molecule has 220 valence electrons. The molecule has 3 N–H and O–H groups in total. The molecule has 40 heavy (non-hydrogen) atoms. The number of nitrogens with zero attached hydrogens (tertiary/aromatic N) is 1. The molecule has 0 radical (unpaired) electrons. The Morgan fingerprint density at radius 2 is 1.60 bits per heavy atom. The van der Waals surface area contributed by atoms with Crippen LogP contribution in [0.5, 0.6) is 0 Å². The molecule has 0 bridgehead atoms. The molecular formula is C30H41F2N3O5. The highest BCUT2D eigenvalue weighted by Gasteiger charge is 2.24. The summed E-state index contributed by atoms with van der Waals surface area (Å²) in [5.41, 5.74) is 1.58. The minimum absolute atomic E-state index is 0.0579. The van der Waals surface area contributed by atoms with Crippen molar-refractivity contribution in [2.75, 3.05) is 33.4 Å². The predicted molar refractivity (Wildman–Crippen MR) is 149 cm³/mol. The first-order valence-electron chi connectivity index (χ1n) is 13.7. The van der Waals surface area contributed by atoms with Crippen LogP contribution in [0.4, 0.5) is 8.78 Å². The molecule has 0 saturated carbocycles. The first-order chi connectivity index (χ1) is 19.1. The standard InChI is InChI=1S/C30H41F2N3O5/c1-5-10-35(11-6-2)30(39)23-14-20(3)13-22(18-23)29(38)34-26(17-21-15-24(31)19-25(32)16-21)27(36)7-9-33-28(37)8-12-40-4/h13-16,18-19,26-27,36H,5-12,17H2,1-4H3,(H,33,37)(H,34,38). The minimum atomic E-state index is -1.14. The number of halogens is 2. The quantitative estimate of drug-likeness (QED) is 0.289. The van der Waals surface area contributed by atoms with E-state index >= 15 is 0 Å². The average Bonchev–Trinajstić information content (AvgIpc) is 2.90. The van der Waals surface area contributed by atoms with Crippen molar-refractivity contribution in [3.8, 4) is 0 Å². The molecule has 2 unspecified atom stereocenters. The lowest BCUT2D eigenvalue weighted by Crippen LogP contribution is -2.46. The van der Waals surface area contributed by atoms with Gasteiger partial charge in [0.15, 0.2) is 0 Å². The molecule has 0 aliphatic carbocycles. The van der Waals surface area contributed by atoms with Crippen molar-refractivity contribution in [1.29, 1.82) is 0 Å². The van der Waals surface area contributed by atoms with Gasteiger partial charge in [-0.2, -0.15) is 0 Å². The third-order valence-electron chi connectivity index (χ3n) is 6.32. The second-order valence-electron chi connectivity index (χ2n) is 9.89. The zero-order valence-electron chi connectivity index (χ0n) is 23.8. The summed E-state index contributed by atoms with van der Waals surface area (Å²) in [6, 6.07) is 6.98. The fraction of sp³-hybridized carbons (Fsp3) is 0.500. The van der Waals surface area contributed by atoms with Gasteiger partial charge in [-0.25, -0.2) is 8.78 Å². The molecule has 2 aromatic carbocycles. The SMILES string of the molecule is CCCN(CCC)C(=O)c1cc(C)cc(C(=O)NC(Cc2cc(F)cc(F)c2)C(O)CCNC(=O)CCOC)c1. The number of aliphatic hydroxyl groups excluding tert-OH is 1. The number of amides is 3. The Morgan fingerprint density at radius 3 is 2.20 bits per heavy atom. The fourth-order valence-electron chi connectivity index (χ4n) is 4.44. The van der Waals surface area contributed by atoms with Crippen molar-refractivity contribution in [3.05, 3.63) is 70.3 Å². The summed E-state index contributed by atoms with van der Waals surface area (Å²) in [4.78, 5) is 40.1. The smallest absolute Gasteiger partial charge is 0.253 e. The van der Waals surface area contributed by atoms with Crippen molar-refractivity contribution in [3.63, 3.8) is 0 Å². The van der Waals surface area contributed by atoms with Gasteiger partial charge >= 0.3 is 0 Å². The normalized spacial score (nSPS) is 12.5. The van der Waals surface area contributed by atoms with Gasteiger partial charge in [-0.15, -0.1) is 0 Å². The predicted octanol–water partition coefficient (Wildman–Crippen LogP) is 3.78. The topological polar surface area (TPSA) is 108 Å². The van der Waals surface area contributed by atoms with E-state index in [1.165, 1.54) is 13.2 Å². The number of hydrogen-bond acceptors (Lipinski definition) is 5. The summed E-state index contributed by atoms with van der Waals surface area (Å²) in [7, 11) is 1.49. The largest absolute Gasteiger partial charge is 0.391 e. The van der Waals surface area contributed by atoms with Crippen LogP contribution >= 0.6 is 0 Å². The number of carbonyl (C=O) groups is 3. The van der Waals surface area contributed by atoms with E-state index in [0.717, 1.165) is 31.0 Å². The summed E-state index contributed by atoms with van der Waals surface area (Å²) in [6.45, 7) is 7.35. The summed E-state index contributed by atoms with van der Waals surface area (Å²) in [6.07, 6.45) is 0.654. The number of aliphatic hydroxyl groups is 1. The third kappa shape index (κ3) is 10.7. The van der Waals surface area contributed by atoms with E-state index in [9.17, 15) is 28.3 Å². The molecule has 8 nitrogen and oxygen atoms in total. The molecule has 2 rings (SSSR count). The second-order valence-corrected chi connectivity index (χ2v) is 9.89. The Labute approximate surface area is 235 Å². The van der Waals surface area contributed by atoms with E-state index in [1.54, 1.807) is 24.0 Å². The van der Waals surface area contributed by atoms with Gasteiger partial charge in [0.05, 0.1) is 18.8 Å². The number of nitrogens with one attached hydrogen (secondary N) is 2. The number of ether oxygens (including phenoxy) is 1. The highest BCUT2D eigenvalue weighted by molar-refractivity contribution is 6.00. The molecule has 2 atom stereocenters. The zero-order chi connectivity index (χ0) is 29.7. The summed E-state index contributed by atoms with van der Waals surface area (Å²) in [5.74, 6) is -2.51. The van der Waals surface area contributed by atoms with Crippen molar-refractivity contribution < 1.29 is 33.0 Å². The molecule has 0 aliphatic heterocycles. The van der Waals surface area contributed by atoms with E-state index in [4.69, 9.17) is 4.74 Å². The Hall–Kier alpha value is -3.37. The van der Waals surface area contributed by atoms with Crippen LogP contribution < -0.4 is 10.6 Å². The van der Waals surface area contributed by atoms with E-state index < -0.39 is 29.7 Å². The molecule has 0 heterocycles. The number of rotatable bonds is 16. The van der Waals surface area contributed by atoms with Gasteiger partial charge in [0, 0.05) is 50.4 Å². The lowest BCUT2D eigenvalue weighted by Gasteiger charge is -2.25. The Morgan fingerprint density at radius 1 is 0.975 bits per heavy atom. The van der Waals surface area contributed by atoms with Crippen molar-refractivity contribution in [2.24, 2.45) is 0 Å². The third-order valence-corrected chi connectivity index (χ3v) is 6.32. The second kappa shape index (κ2) is 16.7. The number of methoxy groups -OCH3 is 1. The maximum atomic E-state index is 13.9. The molecule has 0 aromatic heterocycles. The molecule has 0 saturated heterocycles. The fourth-order valence-corrected chi connectivity index (χ4v) is 4.44. The lowest BCUT2D eigenvalue weighted by molar-refractivity contribution is -0.122. The average molecular weight is 562 g/mol. The summed E-state index contributed by atoms with van der Waals surface area (Å²) < 4.78 is 32.6. The van der Waals surface area contributed by atoms with Crippen LogP contribution in [0.2, 0.25) is 0 Å². The first-order valence-corrected chi connectivity index (χ1v) is 13.7. The Bertz CT molecular complexity index is 1120. The zero-order valence-corrected chi connectivity index (χ0v) is 23.8. The molecule has 2 aromatic rings. The van der Waals surface area contributed by atoms with Crippen LogP contribution in [0.1, 0.15) is 71.4 Å². The molecule has 0 spiro atoms. The molecule has 3 amide bonds. The van der Waals surface area contributed by atoms with E-state index in [0.29, 0.717) is 24.2 Å². The van der Waals surface area contributed by atoms with E-state index in [2.05, 4.69) is 10.6 Å². The molecule has 0 fully saturated rings. The van der Waals surface area contributed by atoms with Crippen LogP contribution in [0.15, 0.2) is 36.4 Å². The van der Waals surface area contributed by atoms with Crippen LogP contribution in [0, 0.1) is 18.6 Å². The summed E-state index contributed by atoms with van der Waals surface area (Å²) >= 11 is 0. The van der Waals surface area contributed by atoms with Crippen LogP contribution in [-0.4, -0.2) is 73.2 Å². The molecular weight excluding hydrogens is 520 g/mol. The monoisotopic (exact) mass is 561 g/mol. The van der Waals surface area contributed by atoms with Gasteiger partial charge < -0.3 is 25.4 Å². The summed E-state index contributed by atoms with van der Waals surface area (Å²) in [5, 5.41) is 16.4. The van der Waals surface area contributed by atoms with Gasteiger partial charge in [0.2, 0.25) is 5.91 Å². The number of carbonyl (C=O) groups excluding carboxylic acids is 3. The van der Waals surface area contributed by atoms with Crippen LogP contribution in [0.25, 0.3) is 0 Å². The van der Waals surface area contributed by atoms with Gasteiger partial charge in [-0.1, -0.05) is 13.8 Å². The van der Waals surface area contributed by atoms with E-state index in [1.807, 2.05) is 13.8 Å². The van der Waals surface area contributed by atoms with Crippen molar-refractivity contribution in [2.45, 2.75) is 65.0 Å². The molecule has 10 heteroatoms. The maximum Gasteiger partial charge on any atom is 0.253 e. The van der Waals surface area contributed by atoms with Gasteiger partial charge in [-0.05, 0) is 74.1 Å². The lowest BCUT2D eigenvalue weighted by atomic mass is 9.97. The minimum Gasteiger partial charge on any atom is -0.391 e. The number of benzene rings is 2. The number of hydrogen-bond donors (Lipinski definition) is 3. The van der Waals surface area contributed by atoms with Gasteiger partial charge in [0.25, 0.3) is 11.8 Å². The molecule has 0 aliphatic rings.